The van der Waals surface area contributed by atoms with Gasteiger partial charge in [0.15, 0.2) is 22.2 Å². The molecular weight excluding hydrogens is 382 g/mol. The smallest absolute Gasteiger partial charge is 0.338 e. The van der Waals surface area contributed by atoms with E-state index in [-0.39, 0.29) is 17.9 Å². The van der Waals surface area contributed by atoms with Gasteiger partial charge in [-0.1, -0.05) is 29.4 Å². The lowest BCUT2D eigenvalue weighted by Crippen LogP contribution is -2.07. The first-order valence-electron chi connectivity index (χ1n) is 8.38. The Morgan fingerprint density at radius 1 is 1.11 bits per heavy atom. The lowest BCUT2D eigenvalue weighted by Gasteiger charge is -2.05. The largest absolute Gasteiger partial charge is 0.496 e. The average molecular weight is 401 g/mol. The molecule has 0 saturated heterocycles. The number of nitrogens with zero attached hydrogens (tertiary/aromatic N) is 1. The second-order valence-corrected chi connectivity index (χ2v) is 8.37. The zero-order valence-electron chi connectivity index (χ0n) is 15.4. The maximum atomic E-state index is 12.3. The summed E-state index contributed by atoms with van der Waals surface area (Å²) in [6, 6.07) is 15.4. The summed E-state index contributed by atoms with van der Waals surface area (Å²) in [6.45, 7) is -0.0999. The molecule has 0 amide bonds. The molecule has 0 fully saturated rings. The number of sulfone groups is 1. The molecule has 0 aliphatic carbocycles. The van der Waals surface area contributed by atoms with Gasteiger partial charge in [0.05, 0.1) is 18.4 Å². The Labute approximate surface area is 162 Å². The molecule has 146 valence electrons. The predicted octanol–water partition coefficient (Wildman–Crippen LogP) is 3.25. The third kappa shape index (κ3) is 4.98. The molecule has 0 spiro atoms. The van der Waals surface area contributed by atoms with Gasteiger partial charge in [0.25, 0.3) is 0 Å². The number of rotatable bonds is 7. The van der Waals surface area contributed by atoms with Crippen molar-refractivity contribution < 1.29 is 27.2 Å². The lowest BCUT2D eigenvalue weighted by molar-refractivity contribution is 0.0437. The van der Waals surface area contributed by atoms with Crippen molar-refractivity contribution in [3.05, 3.63) is 71.5 Å². The van der Waals surface area contributed by atoms with Crippen molar-refractivity contribution in [2.75, 3.05) is 13.4 Å². The molecule has 0 radical (unpaired) electrons. The van der Waals surface area contributed by atoms with E-state index in [0.717, 1.165) is 11.8 Å². The van der Waals surface area contributed by atoms with E-state index in [4.69, 9.17) is 14.0 Å². The van der Waals surface area contributed by atoms with Crippen LogP contribution in [0.3, 0.4) is 0 Å². The Morgan fingerprint density at radius 2 is 1.89 bits per heavy atom. The number of hydrogen-bond acceptors (Lipinski definition) is 7. The molecule has 0 aliphatic heterocycles. The van der Waals surface area contributed by atoms with Gasteiger partial charge in [-0.3, -0.25) is 0 Å². The van der Waals surface area contributed by atoms with Gasteiger partial charge in [0, 0.05) is 17.9 Å². The van der Waals surface area contributed by atoms with Crippen LogP contribution in [-0.2, 0) is 26.9 Å². The Bertz CT molecular complexity index is 1090. The highest BCUT2D eigenvalue weighted by Gasteiger charge is 2.14. The zero-order chi connectivity index (χ0) is 20.1. The minimum absolute atomic E-state index is 0.0999. The van der Waals surface area contributed by atoms with Crippen molar-refractivity contribution >= 4 is 15.8 Å². The molecule has 8 heteroatoms. The summed E-state index contributed by atoms with van der Waals surface area (Å²) in [5.41, 5.74) is 2.12. The van der Waals surface area contributed by atoms with E-state index >= 15 is 0 Å². The normalized spacial score (nSPS) is 11.2. The highest BCUT2D eigenvalue weighted by Crippen LogP contribution is 2.29. The lowest BCUT2D eigenvalue weighted by atomic mass is 10.1. The maximum Gasteiger partial charge on any atom is 0.338 e. The maximum absolute atomic E-state index is 12.3. The summed E-state index contributed by atoms with van der Waals surface area (Å²) in [5, 5.41) is 3.99. The second-order valence-electron chi connectivity index (χ2n) is 6.23. The molecule has 1 heterocycles. The van der Waals surface area contributed by atoms with Gasteiger partial charge in [0.1, 0.15) is 11.4 Å². The van der Waals surface area contributed by atoms with Crippen LogP contribution in [-0.4, -0.2) is 32.9 Å². The number of aromatic nitrogens is 1. The number of benzene rings is 2. The minimum atomic E-state index is -3.19. The predicted molar refractivity (Wildman–Crippen MR) is 103 cm³/mol. The highest BCUT2D eigenvalue weighted by molar-refractivity contribution is 7.89. The molecule has 3 rings (SSSR count). The second kappa shape index (κ2) is 8.26. The molecule has 0 N–H and O–H groups in total. The van der Waals surface area contributed by atoms with Crippen LogP contribution in [0.5, 0.6) is 5.75 Å². The molecule has 2 aromatic carbocycles. The Balaban J connectivity index is 1.67. The summed E-state index contributed by atoms with van der Waals surface area (Å²) in [4.78, 5) is 12.3. The summed E-state index contributed by atoms with van der Waals surface area (Å²) in [7, 11) is -1.62. The fraction of sp³-hybridized carbons (Fsp3) is 0.200. The summed E-state index contributed by atoms with van der Waals surface area (Å²) in [5.74, 6) is 0.313. The van der Waals surface area contributed by atoms with Crippen molar-refractivity contribution in [2.24, 2.45) is 0 Å². The van der Waals surface area contributed by atoms with Crippen LogP contribution in [0.25, 0.3) is 11.3 Å². The van der Waals surface area contributed by atoms with Crippen LogP contribution in [0, 0.1) is 0 Å². The number of esters is 1. The van der Waals surface area contributed by atoms with Crippen LogP contribution in [0.15, 0.2) is 59.1 Å². The molecule has 28 heavy (non-hydrogen) atoms. The van der Waals surface area contributed by atoms with Crippen molar-refractivity contribution in [2.45, 2.75) is 12.4 Å². The molecule has 0 bridgehead atoms. The van der Waals surface area contributed by atoms with E-state index in [1.54, 1.807) is 31.4 Å². The first-order valence-corrected chi connectivity index (χ1v) is 10.4. The van der Waals surface area contributed by atoms with E-state index < -0.39 is 15.8 Å². The summed E-state index contributed by atoms with van der Waals surface area (Å²) < 4.78 is 38.6. The quantitative estimate of drug-likeness (QED) is 0.561. The van der Waals surface area contributed by atoms with E-state index in [1.165, 1.54) is 6.07 Å². The van der Waals surface area contributed by atoms with Gasteiger partial charge in [0.2, 0.25) is 0 Å². The van der Waals surface area contributed by atoms with Crippen LogP contribution in [0.1, 0.15) is 21.7 Å². The van der Waals surface area contributed by atoms with Gasteiger partial charge in [-0.25, -0.2) is 13.2 Å². The van der Waals surface area contributed by atoms with Crippen molar-refractivity contribution in [1.29, 1.82) is 0 Å². The SMILES string of the molecule is COc1ccccc1-c1cc(COC(=O)c2cccc(CS(C)(=O)=O)c2)on1. The first kappa shape index (κ1) is 19.6. The third-order valence-electron chi connectivity index (χ3n) is 3.88. The van der Waals surface area contributed by atoms with E-state index in [1.807, 2.05) is 24.3 Å². The summed E-state index contributed by atoms with van der Waals surface area (Å²) in [6.07, 6.45) is 1.14. The first-order chi connectivity index (χ1) is 13.4. The van der Waals surface area contributed by atoms with Gasteiger partial charge in [-0.15, -0.1) is 0 Å². The zero-order valence-corrected chi connectivity index (χ0v) is 16.2. The fourth-order valence-electron chi connectivity index (χ4n) is 2.68. The van der Waals surface area contributed by atoms with Gasteiger partial charge >= 0.3 is 5.97 Å². The number of methoxy groups -OCH3 is 1. The average Bonchev–Trinajstić information content (AvgIpc) is 3.13. The standard InChI is InChI=1S/C20H19NO6S/c1-25-19-9-4-3-8-17(19)18-11-16(27-21-18)12-26-20(22)15-7-5-6-14(10-15)13-28(2,23)24/h3-11H,12-13H2,1-2H3. The Morgan fingerprint density at radius 3 is 2.64 bits per heavy atom. The van der Waals surface area contributed by atoms with E-state index in [0.29, 0.717) is 22.8 Å². The fourth-order valence-corrected chi connectivity index (χ4v) is 3.46. The van der Waals surface area contributed by atoms with Crippen molar-refractivity contribution in [3.8, 4) is 17.0 Å². The minimum Gasteiger partial charge on any atom is -0.496 e. The van der Waals surface area contributed by atoms with Gasteiger partial charge in [-0.05, 0) is 29.8 Å². The molecular formula is C20H19NO6S. The van der Waals surface area contributed by atoms with Crippen LogP contribution in [0.2, 0.25) is 0 Å². The molecule has 3 aromatic rings. The number of ether oxygens (including phenoxy) is 2. The number of hydrogen-bond donors (Lipinski definition) is 0. The Kier molecular flexibility index (Phi) is 5.79. The monoisotopic (exact) mass is 401 g/mol. The third-order valence-corrected chi connectivity index (χ3v) is 4.74. The molecule has 1 aromatic heterocycles. The van der Waals surface area contributed by atoms with Gasteiger partial charge < -0.3 is 14.0 Å². The van der Waals surface area contributed by atoms with Crippen LogP contribution >= 0.6 is 0 Å². The molecule has 0 unspecified atom stereocenters. The molecule has 0 atom stereocenters. The molecule has 7 nitrogen and oxygen atoms in total. The number of carbonyl (C=O) groups excluding carboxylic acids is 1. The van der Waals surface area contributed by atoms with Crippen molar-refractivity contribution in [1.82, 2.24) is 5.16 Å². The van der Waals surface area contributed by atoms with Crippen molar-refractivity contribution in [3.63, 3.8) is 0 Å². The highest BCUT2D eigenvalue weighted by atomic mass is 32.2. The molecule has 0 saturated carbocycles. The molecule has 0 aliphatic rings. The number of carbonyl (C=O) groups is 1. The van der Waals surface area contributed by atoms with Crippen LogP contribution < -0.4 is 4.74 Å². The summed E-state index contributed by atoms with van der Waals surface area (Å²) >= 11 is 0. The topological polar surface area (TPSA) is 95.7 Å². The van der Waals surface area contributed by atoms with Gasteiger partial charge in [-0.2, -0.15) is 0 Å². The van der Waals surface area contributed by atoms with Crippen LogP contribution in [0.4, 0.5) is 0 Å². The number of para-hydroxylation sites is 1. The van der Waals surface area contributed by atoms with E-state index in [2.05, 4.69) is 5.16 Å². The van der Waals surface area contributed by atoms with E-state index in [9.17, 15) is 13.2 Å². The Hall–Kier alpha value is -3.13.